The molecule has 0 fully saturated rings. The van der Waals surface area contributed by atoms with Crippen molar-refractivity contribution in [1.82, 2.24) is 4.90 Å². The Morgan fingerprint density at radius 1 is 0.848 bits per heavy atom. The lowest BCUT2D eigenvalue weighted by atomic mass is 10.0. The Morgan fingerprint density at radius 3 is 2.12 bits per heavy atom. The Balaban J connectivity index is 1.75. The van der Waals surface area contributed by atoms with Gasteiger partial charge in [0.1, 0.15) is 5.70 Å². The minimum Gasteiger partial charge on any atom is -0.350 e. The van der Waals surface area contributed by atoms with Gasteiger partial charge in [-0.1, -0.05) is 35.9 Å². The van der Waals surface area contributed by atoms with Crippen molar-refractivity contribution in [3.63, 3.8) is 0 Å². The highest BCUT2D eigenvalue weighted by molar-refractivity contribution is 6.36. The first-order valence-electron chi connectivity index (χ1n) is 10.5. The number of amides is 2. The van der Waals surface area contributed by atoms with Crippen molar-refractivity contribution in [3.05, 3.63) is 110 Å². The molecule has 0 spiro atoms. The molecule has 1 heterocycles. The number of non-ortho nitro benzene ring substituents is 1. The molecule has 0 bridgehead atoms. The molecule has 1 aliphatic rings. The molecule has 33 heavy (non-hydrogen) atoms. The molecule has 0 aliphatic carbocycles. The summed E-state index contributed by atoms with van der Waals surface area (Å²) in [6.45, 7) is 6.06. The monoisotopic (exact) mass is 441 g/mol. The van der Waals surface area contributed by atoms with Crippen LogP contribution in [0.3, 0.4) is 0 Å². The number of imide groups is 1. The van der Waals surface area contributed by atoms with Gasteiger partial charge in [-0.15, -0.1) is 0 Å². The first-order chi connectivity index (χ1) is 15.7. The summed E-state index contributed by atoms with van der Waals surface area (Å²) >= 11 is 0. The summed E-state index contributed by atoms with van der Waals surface area (Å²) < 4.78 is 0. The van der Waals surface area contributed by atoms with E-state index in [1.54, 1.807) is 0 Å². The molecule has 1 aliphatic heterocycles. The predicted octanol–water partition coefficient (Wildman–Crippen LogP) is 4.91. The normalized spacial score (nSPS) is 13.6. The topological polar surface area (TPSA) is 92.6 Å². The van der Waals surface area contributed by atoms with Gasteiger partial charge in [0, 0.05) is 17.8 Å². The van der Waals surface area contributed by atoms with Gasteiger partial charge in [0.05, 0.1) is 17.0 Å². The van der Waals surface area contributed by atoms with Gasteiger partial charge in [-0.25, -0.2) is 0 Å². The van der Waals surface area contributed by atoms with Crippen molar-refractivity contribution in [3.8, 4) is 0 Å². The molecule has 0 radical (unpaired) electrons. The molecular weight excluding hydrogens is 418 g/mol. The number of carbonyl (C=O) groups is 2. The third-order valence-corrected chi connectivity index (χ3v) is 5.77. The van der Waals surface area contributed by atoms with Crippen molar-refractivity contribution in [2.75, 3.05) is 5.32 Å². The standard InChI is InChI=1S/C26H23N3O4/c1-16-4-7-19(8-5-16)15-28-25(30)23(20-9-12-22(13-10-20)29(32)33)24(26(28)31)27-21-11-6-17(2)18(3)14-21/h4-14,27H,15H2,1-3H3. The van der Waals surface area contributed by atoms with E-state index in [9.17, 15) is 19.7 Å². The van der Waals surface area contributed by atoms with Crippen molar-refractivity contribution in [2.45, 2.75) is 27.3 Å². The van der Waals surface area contributed by atoms with Gasteiger partial charge in [0.25, 0.3) is 17.5 Å². The van der Waals surface area contributed by atoms with Gasteiger partial charge in [0.15, 0.2) is 0 Å². The van der Waals surface area contributed by atoms with Crippen LogP contribution in [0, 0.1) is 30.9 Å². The van der Waals surface area contributed by atoms with Gasteiger partial charge >= 0.3 is 0 Å². The molecule has 3 aromatic carbocycles. The zero-order valence-corrected chi connectivity index (χ0v) is 18.6. The van der Waals surface area contributed by atoms with E-state index in [1.807, 2.05) is 63.2 Å². The third-order valence-electron chi connectivity index (χ3n) is 5.77. The average Bonchev–Trinajstić information content (AvgIpc) is 3.02. The second-order valence-corrected chi connectivity index (χ2v) is 8.16. The first kappa shape index (κ1) is 22.0. The summed E-state index contributed by atoms with van der Waals surface area (Å²) in [6.07, 6.45) is 0. The van der Waals surface area contributed by atoms with Gasteiger partial charge in [0.2, 0.25) is 0 Å². The molecule has 2 amide bonds. The summed E-state index contributed by atoms with van der Waals surface area (Å²) in [4.78, 5) is 38.5. The number of nitro benzene ring substituents is 1. The van der Waals surface area contributed by atoms with E-state index in [0.717, 1.165) is 22.3 Å². The number of rotatable bonds is 6. The molecule has 4 rings (SSSR count). The zero-order valence-electron chi connectivity index (χ0n) is 18.6. The highest BCUT2D eigenvalue weighted by Gasteiger charge is 2.39. The SMILES string of the molecule is Cc1ccc(CN2C(=O)C(Nc3ccc(C)c(C)c3)=C(c3ccc([N+](=O)[O-])cc3)C2=O)cc1. The Morgan fingerprint density at radius 2 is 1.52 bits per heavy atom. The molecule has 0 aromatic heterocycles. The van der Waals surface area contributed by atoms with E-state index in [1.165, 1.54) is 29.2 Å². The number of hydrogen-bond donors (Lipinski definition) is 1. The Labute approximate surface area is 191 Å². The van der Waals surface area contributed by atoms with Crippen LogP contribution in [0.5, 0.6) is 0 Å². The summed E-state index contributed by atoms with van der Waals surface area (Å²) in [5.74, 6) is -0.882. The summed E-state index contributed by atoms with van der Waals surface area (Å²) in [6, 6.07) is 19.0. The quantitative estimate of drug-likeness (QED) is 0.333. The van der Waals surface area contributed by atoms with Gasteiger partial charge in [-0.2, -0.15) is 0 Å². The molecule has 3 aromatic rings. The maximum Gasteiger partial charge on any atom is 0.278 e. The second-order valence-electron chi connectivity index (χ2n) is 8.16. The van der Waals surface area contributed by atoms with Crippen LogP contribution in [0.2, 0.25) is 0 Å². The number of nitrogens with zero attached hydrogens (tertiary/aromatic N) is 2. The average molecular weight is 441 g/mol. The number of nitrogens with one attached hydrogen (secondary N) is 1. The van der Waals surface area contributed by atoms with Crippen LogP contribution in [0.1, 0.15) is 27.8 Å². The van der Waals surface area contributed by atoms with E-state index in [-0.39, 0.29) is 23.5 Å². The lowest BCUT2D eigenvalue weighted by molar-refractivity contribution is -0.384. The van der Waals surface area contributed by atoms with Crippen LogP contribution in [0.25, 0.3) is 5.57 Å². The molecule has 0 unspecified atom stereocenters. The predicted molar refractivity (Wildman–Crippen MR) is 126 cm³/mol. The maximum atomic E-state index is 13.4. The lowest BCUT2D eigenvalue weighted by Gasteiger charge is -2.16. The van der Waals surface area contributed by atoms with Crippen molar-refractivity contribution >= 4 is 28.8 Å². The van der Waals surface area contributed by atoms with E-state index < -0.39 is 16.7 Å². The molecular formula is C26H23N3O4. The highest BCUT2D eigenvalue weighted by atomic mass is 16.6. The Kier molecular flexibility index (Phi) is 5.79. The zero-order chi connectivity index (χ0) is 23.7. The number of hydrogen-bond acceptors (Lipinski definition) is 5. The van der Waals surface area contributed by atoms with Crippen LogP contribution < -0.4 is 5.32 Å². The summed E-state index contributed by atoms with van der Waals surface area (Å²) in [5.41, 5.74) is 5.46. The summed E-state index contributed by atoms with van der Waals surface area (Å²) in [7, 11) is 0. The number of aryl methyl sites for hydroxylation is 3. The van der Waals surface area contributed by atoms with Gasteiger partial charge in [-0.3, -0.25) is 24.6 Å². The lowest BCUT2D eigenvalue weighted by Crippen LogP contribution is -2.32. The second kappa shape index (κ2) is 8.70. The fourth-order valence-corrected chi connectivity index (χ4v) is 3.69. The maximum absolute atomic E-state index is 13.4. The highest BCUT2D eigenvalue weighted by Crippen LogP contribution is 2.32. The van der Waals surface area contributed by atoms with Gasteiger partial charge < -0.3 is 5.32 Å². The van der Waals surface area contributed by atoms with E-state index in [2.05, 4.69) is 5.32 Å². The molecule has 7 nitrogen and oxygen atoms in total. The largest absolute Gasteiger partial charge is 0.350 e. The molecule has 0 saturated heterocycles. The van der Waals surface area contributed by atoms with E-state index >= 15 is 0 Å². The molecule has 0 saturated carbocycles. The van der Waals surface area contributed by atoms with Crippen molar-refractivity contribution in [1.29, 1.82) is 0 Å². The fourth-order valence-electron chi connectivity index (χ4n) is 3.69. The molecule has 0 atom stereocenters. The number of carbonyl (C=O) groups excluding carboxylic acids is 2. The first-order valence-corrected chi connectivity index (χ1v) is 10.5. The number of anilines is 1. The number of benzene rings is 3. The van der Waals surface area contributed by atoms with Crippen LogP contribution in [0.4, 0.5) is 11.4 Å². The Bertz CT molecular complexity index is 1290. The van der Waals surface area contributed by atoms with Crippen LogP contribution in [-0.4, -0.2) is 21.6 Å². The smallest absolute Gasteiger partial charge is 0.278 e. The molecule has 1 N–H and O–H groups in total. The van der Waals surface area contributed by atoms with Crippen LogP contribution in [-0.2, 0) is 16.1 Å². The molecule has 7 heteroatoms. The van der Waals surface area contributed by atoms with E-state index in [0.29, 0.717) is 11.3 Å². The third kappa shape index (κ3) is 4.39. The number of nitro groups is 1. The van der Waals surface area contributed by atoms with Crippen molar-refractivity contribution < 1.29 is 14.5 Å². The minimum atomic E-state index is -0.502. The molecule has 166 valence electrons. The van der Waals surface area contributed by atoms with Gasteiger partial charge in [-0.05, 0) is 67.3 Å². The van der Waals surface area contributed by atoms with Crippen LogP contribution >= 0.6 is 0 Å². The Hall–Kier alpha value is -4.26. The van der Waals surface area contributed by atoms with Crippen LogP contribution in [0.15, 0.2) is 72.4 Å². The van der Waals surface area contributed by atoms with Crippen molar-refractivity contribution in [2.24, 2.45) is 0 Å². The fraction of sp³-hybridized carbons (Fsp3) is 0.154. The summed E-state index contributed by atoms with van der Waals surface area (Å²) in [5, 5.41) is 14.2. The van der Waals surface area contributed by atoms with E-state index in [4.69, 9.17) is 0 Å². The minimum absolute atomic E-state index is 0.0868.